The van der Waals surface area contributed by atoms with Crippen molar-refractivity contribution in [2.75, 3.05) is 58.1 Å². The number of likely N-dealkylation sites (tertiary alicyclic amines) is 2. The maximum atomic E-state index is 15.4. The van der Waals surface area contributed by atoms with Crippen LogP contribution in [0.1, 0.15) is 12.0 Å². The van der Waals surface area contributed by atoms with Gasteiger partial charge in [-0.2, -0.15) is 23.1 Å². The number of likely N-dealkylation sites (N-methyl/N-ethyl adjacent to an activating group) is 2. The van der Waals surface area contributed by atoms with Gasteiger partial charge in [0.15, 0.2) is 5.13 Å². The molecular weight excluding hydrogens is 645 g/mol. The van der Waals surface area contributed by atoms with Crippen LogP contribution in [0.15, 0.2) is 36.9 Å². The van der Waals surface area contributed by atoms with Gasteiger partial charge in [0.05, 0.1) is 40.0 Å². The van der Waals surface area contributed by atoms with Crippen LogP contribution in [0, 0.1) is 5.82 Å². The molecule has 4 atom stereocenters. The molecule has 2 fully saturated rings. The van der Waals surface area contributed by atoms with Crippen LogP contribution in [-0.4, -0.2) is 102 Å². The molecule has 4 aromatic rings. The molecule has 2 aromatic heterocycles. The molecule has 4 unspecified atom stereocenters. The maximum absolute atomic E-state index is 15.4. The zero-order chi connectivity index (χ0) is 33.8. The fourth-order valence-electron chi connectivity index (χ4n) is 6.28. The van der Waals surface area contributed by atoms with Gasteiger partial charge in [-0.15, -0.1) is 0 Å². The smallest absolute Gasteiger partial charge is 0.417 e. The number of aromatic nitrogens is 3. The number of anilines is 2. The van der Waals surface area contributed by atoms with E-state index in [1.54, 1.807) is 7.11 Å². The number of nitrogens with two attached hydrogens (primary N) is 1. The van der Waals surface area contributed by atoms with Gasteiger partial charge < -0.3 is 25.0 Å². The molecule has 2 aromatic carbocycles. The summed E-state index contributed by atoms with van der Waals surface area (Å²) in [6.45, 7) is 4.05. The first-order chi connectivity index (χ1) is 22.3. The van der Waals surface area contributed by atoms with Crippen LogP contribution in [0.2, 0.25) is 0 Å². The predicted molar refractivity (Wildman–Crippen MR) is 169 cm³/mol. The summed E-state index contributed by atoms with van der Waals surface area (Å²) in [5, 5.41) is -0.0262. The highest BCUT2D eigenvalue weighted by Gasteiger charge is 2.40. The number of nitrogen functional groups attached to an aromatic ring is 1. The van der Waals surface area contributed by atoms with Crippen molar-refractivity contribution >= 4 is 49.3 Å². The summed E-state index contributed by atoms with van der Waals surface area (Å²) in [6.07, 6.45) is -4.63. The molecule has 2 aliphatic heterocycles. The number of amides is 1. The van der Waals surface area contributed by atoms with Gasteiger partial charge in [0.1, 0.15) is 24.4 Å². The number of thiazole rings is 1. The Morgan fingerprint density at radius 2 is 1.96 bits per heavy atom. The summed E-state index contributed by atoms with van der Waals surface area (Å²) in [5.41, 5.74) is 4.53. The van der Waals surface area contributed by atoms with Crippen molar-refractivity contribution in [3.05, 3.63) is 48.3 Å². The summed E-state index contributed by atoms with van der Waals surface area (Å²) in [6, 6.07) is 3.30. The lowest BCUT2D eigenvalue weighted by atomic mass is 9.96. The molecule has 0 bridgehead atoms. The largest absolute Gasteiger partial charge is 0.462 e. The van der Waals surface area contributed by atoms with Gasteiger partial charge in [0.25, 0.3) is 0 Å². The first-order valence-electron chi connectivity index (χ1n) is 14.7. The van der Waals surface area contributed by atoms with Crippen LogP contribution in [0.5, 0.6) is 6.01 Å². The molecule has 0 radical (unpaired) electrons. The van der Waals surface area contributed by atoms with E-state index in [0.29, 0.717) is 13.0 Å². The molecule has 47 heavy (non-hydrogen) atoms. The van der Waals surface area contributed by atoms with E-state index in [4.69, 9.17) is 15.2 Å². The summed E-state index contributed by atoms with van der Waals surface area (Å²) < 4.78 is 85.8. The Balaban J connectivity index is 1.50. The van der Waals surface area contributed by atoms with Crippen molar-refractivity contribution in [2.45, 2.75) is 37.0 Å². The molecule has 16 heteroatoms. The van der Waals surface area contributed by atoms with E-state index >= 15 is 4.39 Å². The van der Waals surface area contributed by atoms with Gasteiger partial charge in [0, 0.05) is 44.2 Å². The highest BCUT2D eigenvalue weighted by Crippen LogP contribution is 2.44. The van der Waals surface area contributed by atoms with Crippen molar-refractivity contribution in [1.29, 1.82) is 0 Å². The van der Waals surface area contributed by atoms with Crippen molar-refractivity contribution in [2.24, 2.45) is 0 Å². The molecule has 6 rings (SSSR count). The van der Waals surface area contributed by atoms with Crippen LogP contribution in [0.3, 0.4) is 0 Å². The molecule has 2 aliphatic rings. The van der Waals surface area contributed by atoms with Crippen LogP contribution in [0.4, 0.5) is 32.9 Å². The number of hydrogen-bond donors (Lipinski definition) is 1. The third kappa shape index (κ3) is 6.16. The number of nitrogens with zero attached hydrogens (tertiary/aromatic N) is 6. The average molecular weight is 678 g/mol. The van der Waals surface area contributed by atoms with Gasteiger partial charge in [-0.25, -0.2) is 13.8 Å². The fourth-order valence-corrected chi connectivity index (χ4v) is 7.05. The quantitative estimate of drug-likeness (QED) is 0.206. The minimum Gasteiger partial charge on any atom is -0.462 e. The highest BCUT2D eigenvalue weighted by atomic mass is 32.1. The second-order valence-electron chi connectivity index (χ2n) is 11.7. The third-order valence-corrected chi connectivity index (χ3v) is 9.72. The van der Waals surface area contributed by atoms with E-state index in [0.717, 1.165) is 29.5 Å². The molecule has 2 saturated heterocycles. The molecule has 0 aliphatic carbocycles. The van der Waals surface area contributed by atoms with Crippen LogP contribution in [-0.2, 0) is 15.7 Å². The zero-order valence-electron chi connectivity index (χ0n) is 25.7. The topological polar surface area (TPSA) is 110 Å². The number of fused-ring (bicyclic) bond motifs is 2. The SMILES string of the molecule is C=CC(=O)N1CC(F)C(N(C)c2nc(OCC3CC(OC)CN3C)nc3cc(-c4ccc(F)c5sc(N)nc45)c(C(F)(F)F)cc23)C1. The standard InChI is InChI=1S/C31H32F5N7O3S/c1-5-25(44)43-12-22(33)24(13-43)42(3)28-19-9-20(31(34,35)36)18(17-6-7-21(32)27-26(17)39-29(37)47-27)10-23(19)38-30(40-28)46-14-15-8-16(45-4)11-41(15)2/h5-7,9-10,15-16,22,24H,1,8,11-14H2,2-4H3,(H2,37,39). The van der Waals surface area contributed by atoms with E-state index < -0.39 is 35.7 Å². The number of hydrogen-bond acceptors (Lipinski definition) is 10. The van der Waals surface area contributed by atoms with Gasteiger partial charge >= 0.3 is 12.2 Å². The summed E-state index contributed by atoms with van der Waals surface area (Å²) in [5.74, 6) is -1.14. The highest BCUT2D eigenvalue weighted by molar-refractivity contribution is 7.22. The summed E-state index contributed by atoms with van der Waals surface area (Å²) in [4.78, 5) is 30.1. The Morgan fingerprint density at radius 1 is 1.19 bits per heavy atom. The lowest BCUT2D eigenvalue weighted by Gasteiger charge is -2.28. The molecule has 10 nitrogen and oxygen atoms in total. The Morgan fingerprint density at radius 3 is 2.64 bits per heavy atom. The lowest BCUT2D eigenvalue weighted by molar-refractivity contribution is -0.137. The minimum absolute atomic E-state index is 0.00321. The second kappa shape index (κ2) is 12.5. The van der Waals surface area contributed by atoms with Crippen molar-refractivity contribution < 1.29 is 36.2 Å². The van der Waals surface area contributed by atoms with Gasteiger partial charge in [-0.05, 0) is 49.4 Å². The van der Waals surface area contributed by atoms with E-state index in [2.05, 4.69) is 26.4 Å². The van der Waals surface area contributed by atoms with Crippen LogP contribution < -0.4 is 15.4 Å². The minimum atomic E-state index is -4.87. The molecular formula is C31H32F5N7O3S. The fraction of sp³-hybridized carbons (Fsp3) is 0.419. The molecule has 2 N–H and O–H groups in total. The predicted octanol–water partition coefficient (Wildman–Crippen LogP) is 4.92. The van der Waals surface area contributed by atoms with Crippen LogP contribution >= 0.6 is 11.3 Å². The number of halogens is 5. The number of rotatable bonds is 8. The molecule has 1 amide bonds. The van der Waals surface area contributed by atoms with Gasteiger partial charge in [-0.1, -0.05) is 17.9 Å². The van der Waals surface area contributed by atoms with E-state index in [-0.39, 0.29) is 81.0 Å². The zero-order valence-corrected chi connectivity index (χ0v) is 26.5. The Labute approximate surface area is 270 Å². The lowest BCUT2D eigenvalue weighted by Crippen LogP contribution is -2.40. The number of methoxy groups -OCH3 is 1. The number of carbonyl (C=O) groups excluding carboxylic acids is 1. The average Bonchev–Trinajstić information content (AvgIpc) is 3.73. The van der Waals surface area contributed by atoms with Gasteiger partial charge in [0.2, 0.25) is 5.91 Å². The third-order valence-electron chi connectivity index (χ3n) is 8.83. The maximum Gasteiger partial charge on any atom is 0.417 e. The first kappa shape index (κ1) is 32.8. The molecule has 4 heterocycles. The number of carbonyl (C=O) groups is 1. The van der Waals surface area contributed by atoms with E-state index in [9.17, 15) is 22.4 Å². The summed E-state index contributed by atoms with van der Waals surface area (Å²) in [7, 11) is 5.05. The number of ether oxygens (including phenoxy) is 2. The van der Waals surface area contributed by atoms with Crippen molar-refractivity contribution in [1.82, 2.24) is 24.8 Å². The second-order valence-corrected chi connectivity index (χ2v) is 12.7. The Kier molecular flexibility index (Phi) is 8.69. The number of alkyl halides is 4. The van der Waals surface area contributed by atoms with Crippen molar-refractivity contribution in [3.63, 3.8) is 0 Å². The molecule has 0 spiro atoms. The van der Waals surface area contributed by atoms with E-state index in [1.165, 1.54) is 29.0 Å². The Hall–Kier alpha value is -4.15. The van der Waals surface area contributed by atoms with Gasteiger partial charge in [-0.3, -0.25) is 9.69 Å². The number of benzene rings is 2. The van der Waals surface area contributed by atoms with E-state index in [1.807, 2.05) is 7.05 Å². The molecule has 0 saturated carbocycles. The van der Waals surface area contributed by atoms with Crippen LogP contribution in [0.25, 0.3) is 32.2 Å². The van der Waals surface area contributed by atoms with Crippen molar-refractivity contribution in [3.8, 4) is 17.1 Å². The summed E-state index contributed by atoms with van der Waals surface area (Å²) >= 11 is 0.827. The first-order valence-corrected chi connectivity index (χ1v) is 15.5. The molecule has 250 valence electrons. The monoisotopic (exact) mass is 677 g/mol. The Bertz CT molecular complexity index is 1850. The normalized spacial score (nSPS) is 22.0.